The molecule has 2 saturated heterocycles. The lowest BCUT2D eigenvalue weighted by Crippen LogP contribution is -2.38. The summed E-state index contributed by atoms with van der Waals surface area (Å²) in [6.45, 7) is 6.24. The Morgan fingerprint density at radius 3 is 2.94 bits per heavy atom. The molecule has 0 saturated carbocycles. The standard InChI is InChI=1S/C15H23N3/c1-2-14(12-17-7-1)3-10-18-11-6-15(13-18)4-8-16-9-5-15/h1-2,7,12,16H,3-6,8-11,13H2. The molecule has 3 heteroatoms. The fourth-order valence-electron chi connectivity index (χ4n) is 3.42. The van der Waals surface area contributed by atoms with E-state index in [1.54, 1.807) is 0 Å². The zero-order valence-corrected chi connectivity index (χ0v) is 11.1. The number of hydrogen-bond donors (Lipinski definition) is 1. The van der Waals surface area contributed by atoms with Crippen molar-refractivity contribution < 1.29 is 0 Å². The van der Waals surface area contributed by atoms with Crippen LogP contribution in [0.1, 0.15) is 24.8 Å². The monoisotopic (exact) mass is 245 g/mol. The van der Waals surface area contributed by atoms with Crippen molar-refractivity contribution in [1.29, 1.82) is 0 Å². The number of likely N-dealkylation sites (tertiary alicyclic amines) is 1. The number of aromatic nitrogens is 1. The fourth-order valence-corrected chi connectivity index (χ4v) is 3.42. The van der Waals surface area contributed by atoms with Crippen LogP contribution in [0.4, 0.5) is 0 Å². The molecule has 18 heavy (non-hydrogen) atoms. The van der Waals surface area contributed by atoms with Crippen LogP contribution in [0.3, 0.4) is 0 Å². The topological polar surface area (TPSA) is 28.2 Å². The summed E-state index contributed by atoms with van der Waals surface area (Å²) < 4.78 is 0. The normalized spacial score (nSPS) is 23.6. The predicted molar refractivity (Wildman–Crippen MR) is 73.5 cm³/mol. The highest BCUT2D eigenvalue weighted by Crippen LogP contribution is 2.38. The average Bonchev–Trinajstić information content (AvgIpc) is 2.82. The smallest absolute Gasteiger partial charge is 0.0300 e. The Balaban J connectivity index is 1.50. The molecule has 3 heterocycles. The average molecular weight is 245 g/mol. The van der Waals surface area contributed by atoms with Crippen LogP contribution >= 0.6 is 0 Å². The van der Waals surface area contributed by atoms with Crippen molar-refractivity contribution in [2.75, 3.05) is 32.7 Å². The van der Waals surface area contributed by atoms with E-state index in [0.29, 0.717) is 5.41 Å². The van der Waals surface area contributed by atoms with Gasteiger partial charge in [0.1, 0.15) is 0 Å². The van der Waals surface area contributed by atoms with Gasteiger partial charge in [0, 0.05) is 25.5 Å². The van der Waals surface area contributed by atoms with Crippen LogP contribution in [0.15, 0.2) is 24.5 Å². The minimum atomic E-state index is 0.639. The van der Waals surface area contributed by atoms with E-state index in [1.807, 2.05) is 18.5 Å². The third-order valence-corrected chi connectivity index (χ3v) is 4.62. The molecule has 0 aliphatic carbocycles. The summed E-state index contributed by atoms with van der Waals surface area (Å²) in [5.41, 5.74) is 2.00. The molecule has 1 aromatic heterocycles. The third kappa shape index (κ3) is 2.73. The van der Waals surface area contributed by atoms with Crippen molar-refractivity contribution in [2.45, 2.75) is 25.7 Å². The first kappa shape index (κ1) is 12.1. The number of nitrogens with zero attached hydrogens (tertiary/aromatic N) is 2. The second kappa shape index (κ2) is 5.37. The number of rotatable bonds is 3. The van der Waals surface area contributed by atoms with E-state index in [9.17, 15) is 0 Å². The summed E-state index contributed by atoms with van der Waals surface area (Å²) in [6, 6.07) is 4.22. The molecule has 3 rings (SSSR count). The first-order valence-electron chi connectivity index (χ1n) is 7.18. The van der Waals surface area contributed by atoms with Gasteiger partial charge in [0.2, 0.25) is 0 Å². The lowest BCUT2D eigenvalue weighted by atomic mass is 9.78. The van der Waals surface area contributed by atoms with E-state index in [1.165, 1.54) is 57.5 Å². The lowest BCUT2D eigenvalue weighted by molar-refractivity contribution is 0.197. The molecule has 0 bridgehead atoms. The van der Waals surface area contributed by atoms with Gasteiger partial charge in [-0.3, -0.25) is 4.98 Å². The zero-order chi connectivity index (χ0) is 12.3. The first-order chi connectivity index (χ1) is 8.86. The Bertz CT molecular complexity index is 371. The predicted octanol–water partition coefficient (Wildman–Crippen LogP) is 1.70. The van der Waals surface area contributed by atoms with Crippen LogP contribution in [-0.4, -0.2) is 42.6 Å². The minimum Gasteiger partial charge on any atom is -0.317 e. The molecule has 3 nitrogen and oxygen atoms in total. The van der Waals surface area contributed by atoms with E-state index < -0.39 is 0 Å². The van der Waals surface area contributed by atoms with Gasteiger partial charge >= 0.3 is 0 Å². The molecule has 1 N–H and O–H groups in total. The number of pyridine rings is 1. The summed E-state index contributed by atoms with van der Waals surface area (Å²) >= 11 is 0. The molecule has 0 amide bonds. The summed E-state index contributed by atoms with van der Waals surface area (Å²) in [7, 11) is 0. The molecular weight excluding hydrogens is 222 g/mol. The number of piperidine rings is 1. The van der Waals surface area contributed by atoms with Crippen LogP contribution < -0.4 is 5.32 Å². The SMILES string of the molecule is c1cncc(CCN2CCC3(CCNCC3)C2)c1. The molecule has 98 valence electrons. The lowest BCUT2D eigenvalue weighted by Gasteiger charge is -2.33. The van der Waals surface area contributed by atoms with Gasteiger partial charge in [-0.15, -0.1) is 0 Å². The molecule has 1 spiro atoms. The quantitative estimate of drug-likeness (QED) is 0.878. The molecule has 2 fully saturated rings. The molecule has 0 atom stereocenters. The van der Waals surface area contributed by atoms with Crippen LogP contribution in [0.25, 0.3) is 0 Å². The maximum Gasteiger partial charge on any atom is 0.0300 e. The molecular formula is C15H23N3. The van der Waals surface area contributed by atoms with Crippen molar-refractivity contribution in [3.63, 3.8) is 0 Å². The maximum atomic E-state index is 4.19. The van der Waals surface area contributed by atoms with Gasteiger partial charge in [0.25, 0.3) is 0 Å². The highest BCUT2D eigenvalue weighted by atomic mass is 15.2. The number of hydrogen-bond acceptors (Lipinski definition) is 3. The molecule has 2 aliphatic rings. The number of nitrogens with one attached hydrogen (secondary N) is 1. The zero-order valence-electron chi connectivity index (χ0n) is 11.1. The maximum absolute atomic E-state index is 4.19. The highest BCUT2D eigenvalue weighted by molar-refractivity contribution is 5.09. The summed E-state index contributed by atoms with van der Waals surface area (Å²) in [5.74, 6) is 0. The fraction of sp³-hybridized carbons (Fsp3) is 0.667. The summed E-state index contributed by atoms with van der Waals surface area (Å²) in [5, 5.41) is 3.48. The first-order valence-corrected chi connectivity index (χ1v) is 7.18. The molecule has 0 unspecified atom stereocenters. The van der Waals surface area contributed by atoms with Gasteiger partial charge in [0.05, 0.1) is 0 Å². The Hall–Kier alpha value is -0.930. The Labute approximate surface area is 110 Å². The van der Waals surface area contributed by atoms with Gasteiger partial charge in [-0.25, -0.2) is 0 Å². The van der Waals surface area contributed by atoms with E-state index in [-0.39, 0.29) is 0 Å². The van der Waals surface area contributed by atoms with Gasteiger partial charge < -0.3 is 10.2 Å². The van der Waals surface area contributed by atoms with E-state index in [4.69, 9.17) is 0 Å². The van der Waals surface area contributed by atoms with Crippen molar-refractivity contribution in [3.05, 3.63) is 30.1 Å². The molecule has 1 aromatic rings. The van der Waals surface area contributed by atoms with Gasteiger partial charge in [-0.05, 0) is 62.4 Å². The van der Waals surface area contributed by atoms with Gasteiger partial charge in [-0.2, -0.15) is 0 Å². The van der Waals surface area contributed by atoms with Crippen LogP contribution in [-0.2, 0) is 6.42 Å². The minimum absolute atomic E-state index is 0.639. The second-order valence-corrected chi connectivity index (χ2v) is 5.89. The van der Waals surface area contributed by atoms with E-state index in [2.05, 4.69) is 21.3 Å². The molecule has 0 radical (unpaired) electrons. The molecule has 2 aliphatic heterocycles. The Kier molecular flexibility index (Phi) is 3.62. The summed E-state index contributed by atoms with van der Waals surface area (Å²) in [6.07, 6.45) is 9.14. The van der Waals surface area contributed by atoms with Gasteiger partial charge in [-0.1, -0.05) is 6.07 Å². The highest BCUT2D eigenvalue weighted by Gasteiger charge is 2.38. The Morgan fingerprint density at radius 2 is 2.17 bits per heavy atom. The van der Waals surface area contributed by atoms with Crippen molar-refractivity contribution >= 4 is 0 Å². The van der Waals surface area contributed by atoms with Crippen LogP contribution in [0.5, 0.6) is 0 Å². The van der Waals surface area contributed by atoms with Gasteiger partial charge in [0.15, 0.2) is 0 Å². The molecule has 0 aromatic carbocycles. The Morgan fingerprint density at radius 1 is 1.28 bits per heavy atom. The largest absolute Gasteiger partial charge is 0.317 e. The van der Waals surface area contributed by atoms with Crippen molar-refractivity contribution in [2.24, 2.45) is 5.41 Å². The summed E-state index contributed by atoms with van der Waals surface area (Å²) in [4.78, 5) is 6.84. The van der Waals surface area contributed by atoms with E-state index in [0.717, 1.165) is 6.42 Å². The third-order valence-electron chi connectivity index (χ3n) is 4.62. The van der Waals surface area contributed by atoms with Crippen LogP contribution in [0, 0.1) is 5.41 Å². The second-order valence-electron chi connectivity index (χ2n) is 5.89. The van der Waals surface area contributed by atoms with Crippen LogP contribution in [0.2, 0.25) is 0 Å². The van der Waals surface area contributed by atoms with Crippen molar-refractivity contribution in [1.82, 2.24) is 15.2 Å². The van der Waals surface area contributed by atoms with Crippen molar-refractivity contribution in [3.8, 4) is 0 Å². The van der Waals surface area contributed by atoms with E-state index >= 15 is 0 Å².